The van der Waals surface area contributed by atoms with E-state index in [1.54, 1.807) is 13.1 Å². The number of benzene rings is 1. The minimum absolute atomic E-state index is 0.159. The molecule has 1 aromatic carbocycles. The number of aromatic nitrogens is 2. The highest BCUT2D eigenvalue weighted by molar-refractivity contribution is 5.92. The van der Waals surface area contributed by atoms with Crippen LogP contribution >= 0.6 is 0 Å². The third-order valence-corrected chi connectivity index (χ3v) is 3.06. The van der Waals surface area contributed by atoms with Gasteiger partial charge in [0, 0.05) is 11.4 Å². The Balaban J connectivity index is 2.39. The SMILES string of the molecule is CCOC(=O)CN(c1cnnc2ccccc12)C(C)C. The zero-order chi connectivity index (χ0) is 14.5. The molecule has 0 aliphatic carbocycles. The molecule has 0 N–H and O–H groups in total. The predicted octanol–water partition coefficient (Wildman–Crippen LogP) is 2.41. The summed E-state index contributed by atoms with van der Waals surface area (Å²) >= 11 is 0. The van der Waals surface area contributed by atoms with E-state index in [0.29, 0.717) is 6.61 Å². The molecular formula is C15H19N3O2. The molecule has 2 aromatic rings. The normalized spacial score (nSPS) is 10.8. The van der Waals surface area contributed by atoms with Gasteiger partial charge in [0.15, 0.2) is 0 Å². The standard InChI is InChI=1S/C15H19N3O2/c1-4-20-15(19)10-18(11(2)3)14-9-16-17-13-8-6-5-7-12(13)14/h5-9,11H,4,10H2,1-3H3. The number of esters is 1. The maximum atomic E-state index is 11.8. The van der Waals surface area contributed by atoms with Gasteiger partial charge in [-0.1, -0.05) is 18.2 Å². The molecule has 1 aromatic heterocycles. The average molecular weight is 273 g/mol. The monoisotopic (exact) mass is 273 g/mol. The summed E-state index contributed by atoms with van der Waals surface area (Å²) in [5.41, 5.74) is 1.72. The fraction of sp³-hybridized carbons (Fsp3) is 0.400. The van der Waals surface area contributed by atoms with Gasteiger partial charge in [-0.15, -0.1) is 0 Å². The number of hydrogen-bond acceptors (Lipinski definition) is 5. The van der Waals surface area contributed by atoms with E-state index in [0.717, 1.165) is 16.6 Å². The molecule has 0 aliphatic heterocycles. The summed E-state index contributed by atoms with van der Waals surface area (Å²) in [5, 5.41) is 9.12. The second-order valence-electron chi connectivity index (χ2n) is 4.77. The lowest BCUT2D eigenvalue weighted by Crippen LogP contribution is -2.36. The summed E-state index contributed by atoms with van der Waals surface area (Å²) in [4.78, 5) is 13.7. The average Bonchev–Trinajstić information content (AvgIpc) is 2.44. The first-order chi connectivity index (χ1) is 9.63. The van der Waals surface area contributed by atoms with Crippen molar-refractivity contribution >= 4 is 22.6 Å². The molecule has 0 saturated carbocycles. The largest absolute Gasteiger partial charge is 0.465 e. The van der Waals surface area contributed by atoms with Gasteiger partial charge in [0.05, 0.1) is 24.0 Å². The quantitative estimate of drug-likeness (QED) is 0.783. The summed E-state index contributed by atoms with van der Waals surface area (Å²) in [7, 11) is 0. The molecule has 5 heteroatoms. The molecule has 106 valence electrons. The van der Waals surface area contributed by atoms with Crippen LogP contribution in [0.5, 0.6) is 0 Å². The Morgan fingerprint density at radius 3 is 2.80 bits per heavy atom. The lowest BCUT2D eigenvalue weighted by molar-refractivity contribution is -0.141. The molecule has 0 radical (unpaired) electrons. The second kappa shape index (κ2) is 6.32. The molecule has 2 rings (SSSR count). The van der Waals surface area contributed by atoms with Crippen molar-refractivity contribution in [2.24, 2.45) is 0 Å². The van der Waals surface area contributed by atoms with Crippen LogP contribution in [0.3, 0.4) is 0 Å². The topological polar surface area (TPSA) is 55.3 Å². The number of carbonyl (C=O) groups is 1. The van der Waals surface area contributed by atoms with Crippen LogP contribution in [0, 0.1) is 0 Å². The molecule has 0 aliphatic rings. The van der Waals surface area contributed by atoms with Crippen LogP contribution in [0.25, 0.3) is 10.9 Å². The third-order valence-electron chi connectivity index (χ3n) is 3.06. The summed E-state index contributed by atoms with van der Waals surface area (Å²) in [6, 6.07) is 7.93. The predicted molar refractivity (Wildman–Crippen MR) is 78.7 cm³/mol. The van der Waals surface area contributed by atoms with Gasteiger partial charge >= 0.3 is 5.97 Å². The molecule has 20 heavy (non-hydrogen) atoms. The van der Waals surface area contributed by atoms with Gasteiger partial charge in [0.1, 0.15) is 6.54 Å². The molecular weight excluding hydrogens is 254 g/mol. The summed E-state index contributed by atoms with van der Waals surface area (Å²) < 4.78 is 5.04. The maximum absolute atomic E-state index is 11.8. The molecule has 0 bridgehead atoms. The van der Waals surface area contributed by atoms with E-state index in [1.807, 2.05) is 43.0 Å². The number of hydrogen-bond donors (Lipinski definition) is 0. The van der Waals surface area contributed by atoms with Crippen LogP contribution in [0.2, 0.25) is 0 Å². The zero-order valence-electron chi connectivity index (χ0n) is 12.0. The van der Waals surface area contributed by atoms with Crippen LogP contribution in [-0.2, 0) is 9.53 Å². The summed E-state index contributed by atoms with van der Waals surface area (Å²) in [5.74, 6) is -0.234. The van der Waals surface area contributed by atoms with Gasteiger partial charge in [-0.3, -0.25) is 4.79 Å². The molecule has 1 heterocycles. The first kappa shape index (κ1) is 14.2. The van der Waals surface area contributed by atoms with E-state index in [1.165, 1.54) is 0 Å². The van der Waals surface area contributed by atoms with Crippen LogP contribution in [0.1, 0.15) is 20.8 Å². The fourth-order valence-electron chi connectivity index (χ4n) is 2.11. The first-order valence-electron chi connectivity index (χ1n) is 6.76. The molecule has 0 atom stereocenters. The van der Waals surface area contributed by atoms with E-state index in [2.05, 4.69) is 10.2 Å². The molecule has 0 amide bonds. The van der Waals surface area contributed by atoms with Crippen molar-refractivity contribution in [3.8, 4) is 0 Å². The molecule has 0 spiro atoms. The van der Waals surface area contributed by atoms with Crippen LogP contribution in [0.4, 0.5) is 5.69 Å². The zero-order valence-corrected chi connectivity index (χ0v) is 12.0. The van der Waals surface area contributed by atoms with Gasteiger partial charge in [-0.25, -0.2) is 0 Å². The number of carbonyl (C=O) groups excluding carboxylic acids is 1. The highest BCUT2D eigenvalue weighted by Crippen LogP contribution is 2.25. The Kier molecular flexibility index (Phi) is 4.50. The second-order valence-corrected chi connectivity index (χ2v) is 4.77. The fourth-order valence-corrected chi connectivity index (χ4v) is 2.11. The van der Waals surface area contributed by atoms with Gasteiger partial charge in [-0.2, -0.15) is 10.2 Å². The van der Waals surface area contributed by atoms with Crippen molar-refractivity contribution < 1.29 is 9.53 Å². The Morgan fingerprint density at radius 2 is 2.10 bits per heavy atom. The number of nitrogens with zero attached hydrogens (tertiary/aromatic N) is 3. The number of anilines is 1. The highest BCUT2D eigenvalue weighted by Gasteiger charge is 2.18. The Morgan fingerprint density at radius 1 is 1.35 bits per heavy atom. The van der Waals surface area contributed by atoms with Crippen molar-refractivity contribution in [2.75, 3.05) is 18.1 Å². The van der Waals surface area contributed by atoms with E-state index in [9.17, 15) is 4.79 Å². The van der Waals surface area contributed by atoms with Gasteiger partial charge in [0.25, 0.3) is 0 Å². The van der Waals surface area contributed by atoms with E-state index >= 15 is 0 Å². The van der Waals surface area contributed by atoms with E-state index in [4.69, 9.17) is 4.74 Å². The minimum Gasteiger partial charge on any atom is -0.465 e. The van der Waals surface area contributed by atoms with Crippen molar-refractivity contribution in [2.45, 2.75) is 26.8 Å². The minimum atomic E-state index is -0.234. The Hall–Kier alpha value is -2.17. The van der Waals surface area contributed by atoms with Crippen LogP contribution in [0.15, 0.2) is 30.5 Å². The Labute approximate surface area is 118 Å². The Bertz CT molecular complexity index is 593. The smallest absolute Gasteiger partial charge is 0.325 e. The number of fused-ring (bicyclic) bond motifs is 1. The van der Waals surface area contributed by atoms with Gasteiger partial charge in [0.2, 0.25) is 0 Å². The number of rotatable bonds is 5. The van der Waals surface area contributed by atoms with Gasteiger partial charge in [-0.05, 0) is 26.8 Å². The van der Waals surface area contributed by atoms with E-state index < -0.39 is 0 Å². The van der Waals surface area contributed by atoms with Crippen molar-refractivity contribution in [1.29, 1.82) is 0 Å². The number of ether oxygens (including phenoxy) is 1. The van der Waals surface area contributed by atoms with Crippen molar-refractivity contribution in [3.05, 3.63) is 30.5 Å². The maximum Gasteiger partial charge on any atom is 0.325 e. The van der Waals surface area contributed by atoms with Crippen LogP contribution < -0.4 is 4.90 Å². The van der Waals surface area contributed by atoms with Crippen LogP contribution in [-0.4, -0.2) is 35.4 Å². The highest BCUT2D eigenvalue weighted by atomic mass is 16.5. The molecule has 0 saturated heterocycles. The van der Waals surface area contributed by atoms with E-state index in [-0.39, 0.29) is 18.6 Å². The molecule has 5 nitrogen and oxygen atoms in total. The summed E-state index contributed by atoms with van der Waals surface area (Å²) in [6.07, 6.45) is 1.70. The lowest BCUT2D eigenvalue weighted by atomic mass is 10.1. The van der Waals surface area contributed by atoms with Gasteiger partial charge < -0.3 is 9.64 Å². The van der Waals surface area contributed by atoms with Crippen molar-refractivity contribution in [1.82, 2.24) is 10.2 Å². The molecule has 0 fully saturated rings. The van der Waals surface area contributed by atoms with Crippen molar-refractivity contribution in [3.63, 3.8) is 0 Å². The molecule has 0 unspecified atom stereocenters. The summed E-state index contributed by atoms with van der Waals surface area (Å²) in [6.45, 7) is 6.48. The third kappa shape index (κ3) is 3.04. The lowest BCUT2D eigenvalue weighted by Gasteiger charge is -2.28. The first-order valence-corrected chi connectivity index (χ1v) is 6.76.